The van der Waals surface area contributed by atoms with Gasteiger partial charge in [-0.15, -0.1) is 0 Å². The molecular formula is C20H24N2O4. The van der Waals surface area contributed by atoms with Crippen molar-refractivity contribution in [1.82, 2.24) is 10.6 Å². The van der Waals surface area contributed by atoms with E-state index in [9.17, 15) is 15.0 Å². The summed E-state index contributed by atoms with van der Waals surface area (Å²) in [6.07, 6.45) is -2.48. The molecule has 1 heterocycles. The van der Waals surface area contributed by atoms with Gasteiger partial charge >= 0.3 is 0 Å². The SMILES string of the molecule is O=C(NC[C@@H]1C(O)O[C@H](CNCc2ccccc2)[C@@H]1O)c1ccccc1. The molecule has 0 spiro atoms. The van der Waals surface area contributed by atoms with Crippen LogP contribution in [0.5, 0.6) is 0 Å². The highest BCUT2D eigenvalue weighted by Gasteiger charge is 2.42. The molecule has 1 saturated heterocycles. The largest absolute Gasteiger partial charge is 0.390 e. The minimum atomic E-state index is -1.11. The van der Waals surface area contributed by atoms with Gasteiger partial charge in [0.25, 0.3) is 5.91 Å². The van der Waals surface area contributed by atoms with E-state index in [0.29, 0.717) is 18.7 Å². The average molecular weight is 356 g/mol. The normalized spacial score (nSPS) is 25.2. The van der Waals surface area contributed by atoms with Gasteiger partial charge in [-0.1, -0.05) is 48.5 Å². The van der Waals surface area contributed by atoms with Gasteiger partial charge in [0.05, 0.1) is 18.1 Å². The second kappa shape index (κ2) is 8.91. The van der Waals surface area contributed by atoms with Crippen LogP contribution in [-0.2, 0) is 11.3 Å². The summed E-state index contributed by atoms with van der Waals surface area (Å²) in [7, 11) is 0. The second-order valence-corrected chi connectivity index (χ2v) is 6.41. The number of ether oxygens (including phenoxy) is 1. The quantitative estimate of drug-likeness (QED) is 0.592. The van der Waals surface area contributed by atoms with Crippen molar-refractivity contribution in [1.29, 1.82) is 0 Å². The summed E-state index contributed by atoms with van der Waals surface area (Å²) in [5, 5.41) is 26.5. The Hall–Kier alpha value is -2.25. The van der Waals surface area contributed by atoms with Gasteiger partial charge in [-0.2, -0.15) is 0 Å². The molecule has 1 amide bonds. The molecule has 1 aliphatic rings. The van der Waals surface area contributed by atoms with Crippen LogP contribution in [0.25, 0.3) is 0 Å². The first-order chi connectivity index (χ1) is 12.6. The van der Waals surface area contributed by atoms with Crippen LogP contribution in [0.2, 0.25) is 0 Å². The number of carbonyl (C=O) groups excluding carboxylic acids is 1. The van der Waals surface area contributed by atoms with E-state index in [1.807, 2.05) is 36.4 Å². The first-order valence-corrected chi connectivity index (χ1v) is 8.74. The molecular weight excluding hydrogens is 332 g/mol. The van der Waals surface area contributed by atoms with Crippen LogP contribution in [0.1, 0.15) is 15.9 Å². The lowest BCUT2D eigenvalue weighted by molar-refractivity contribution is -0.107. The van der Waals surface area contributed by atoms with Crippen LogP contribution in [-0.4, -0.2) is 47.7 Å². The highest BCUT2D eigenvalue weighted by atomic mass is 16.6. The Balaban J connectivity index is 1.46. The van der Waals surface area contributed by atoms with Crippen molar-refractivity contribution >= 4 is 5.91 Å². The molecule has 1 unspecified atom stereocenters. The van der Waals surface area contributed by atoms with Gasteiger partial charge in [0.2, 0.25) is 0 Å². The third kappa shape index (κ3) is 4.68. The Kier molecular flexibility index (Phi) is 6.35. The third-order valence-electron chi connectivity index (χ3n) is 4.55. The maximum absolute atomic E-state index is 12.1. The van der Waals surface area contributed by atoms with Crippen LogP contribution < -0.4 is 10.6 Å². The zero-order chi connectivity index (χ0) is 18.4. The van der Waals surface area contributed by atoms with Gasteiger partial charge in [0.1, 0.15) is 0 Å². The van der Waals surface area contributed by atoms with E-state index in [1.54, 1.807) is 24.3 Å². The Morgan fingerprint density at radius 1 is 0.962 bits per heavy atom. The first-order valence-electron chi connectivity index (χ1n) is 8.74. The fraction of sp³-hybridized carbons (Fsp3) is 0.350. The fourth-order valence-corrected chi connectivity index (χ4v) is 3.05. The van der Waals surface area contributed by atoms with Crippen molar-refractivity contribution in [3.05, 3.63) is 71.8 Å². The predicted molar refractivity (Wildman–Crippen MR) is 97.3 cm³/mol. The standard InChI is InChI=1S/C20H24N2O4/c23-18-16(12-22-19(24)15-9-5-2-6-10-15)20(25)26-17(18)13-21-11-14-7-3-1-4-8-14/h1-10,16-18,20-21,23,25H,11-13H2,(H,22,24)/t16-,17+,18+,20?/m0/s1. The van der Waals surface area contributed by atoms with E-state index in [-0.39, 0.29) is 12.5 Å². The van der Waals surface area contributed by atoms with Crippen LogP contribution in [0.4, 0.5) is 0 Å². The number of benzene rings is 2. The molecule has 0 saturated carbocycles. The predicted octanol–water partition coefficient (Wildman–Crippen LogP) is 0.901. The molecule has 1 aliphatic heterocycles. The molecule has 0 aromatic heterocycles. The summed E-state index contributed by atoms with van der Waals surface area (Å²) in [5.74, 6) is -0.804. The van der Waals surface area contributed by atoms with Gasteiger partial charge in [0, 0.05) is 25.2 Å². The molecule has 6 heteroatoms. The third-order valence-corrected chi connectivity index (χ3v) is 4.55. The van der Waals surface area contributed by atoms with E-state index in [1.165, 1.54) is 0 Å². The van der Waals surface area contributed by atoms with Gasteiger partial charge < -0.3 is 25.6 Å². The molecule has 6 nitrogen and oxygen atoms in total. The van der Waals surface area contributed by atoms with E-state index in [4.69, 9.17) is 4.74 Å². The second-order valence-electron chi connectivity index (χ2n) is 6.41. The molecule has 0 aliphatic carbocycles. The average Bonchev–Trinajstić information content (AvgIpc) is 2.94. The van der Waals surface area contributed by atoms with Crippen molar-refractivity contribution in [2.75, 3.05) is 13.1 Å². The summed E-state index contributed by atoms with van der Waals surface area (Å²) in [4.78, 5) is 12.1. The van der Waals surface area contributed by atoms with Crippen molar-refractivity contribution in [3.63, 3.8) is 0 Å². The zero-order valence-corrected chi connectivity index (χ0v) is 14.4. The summed E-state index contributed by atoms with van der Waals surface area (Å²) in [6, 6.07) is 18.7. The number of hydrogen-bond acceptors (Lipinski definition) is 5. The molecule has 4 atom stereocenters. The lowest BCUT2D eigenvalue weighted by atomic mass is 10.00. The van der Waals surface area contributed by atoms with E-state index < -0.39 is 24.4 Å². The van der Waals surface area contributed by atoms with E-state index in [0.717, 1.165) is 5.56 Å². The smallest absolute Gasteiger partial charge is 0.251 e. The van der Waals surface area contributed by atoms with Gasteiger partial charge in [-0.05, 0) is 17.7 Å². The van der Waals surface area contributed by atoms with E-state index in [2.05, 4.69) is 10.6 Å². The van der Waals surface area contributed by atoms with Crippen molar-refractivity contribution in [2.45, 2.75) is 25.0 Å². The Morgan fingerprint density at radius 3 is 2.31 bits per heavy atom. The zero-order valence-electron chi connectivity index (χ0n) is 14.4. The number of aliphatic hydroxyl groups excluding tert-OH is 2. The van der Waals surface area contributed by atoms with Gasteiger partial charge in [-0.25, -0.2) is 0 Å². The maximum atomic E-state index is 12.1. The molecule has 2 aromatic carbocycles. The molecule has 1 fully saturated rings. The number of nitrogens with one attached hydrogen (secondary N) is 2. The topological polar surface area (TPSA) is 90.8 Å². The number of carbonyl (C=O) groups is 1. The fourth-order valence-electron chi connectivity index (χ4n) is 3.05. The van der Waals surface area contributed by atoms with Crippen molar-refractivity contribution in [3.8, 4) is 0 Å². The first kappa shape index (κ1) is 18.5. The number of rotatable bonds is 7. The highest BCUT2D eigenvalue weighted by molar-refractivity contribution is 5.94. The molecule has 0 radical (unpaired) electrons. The number of amides is 1. The Bertz CT molecular complexity index is 695. The van der Waals surface area contributed by atoms with Crippen LogP contribution in [0.3, 0.4) is 0 Å². The summed E-state index contributed by atoms with van der Waals surface area (Å²) < 4.78 is 5.45. The maximum Gasteiger partial charge on any atom is 0.251 e. The van der Waals surface area contributed by atoms with Crippen molar-refractivity contribution < 1.29 is 19.7 Å². The van der Waals surface area contributed by atoms with E-state index >= 15 is 0 Å². The lowest BCUT2D eigenvalue weighted by Gasteiger charge is -2.18. The van der Waals surface area contributed by atoms with Crippen LogP contribution in [0, 0.1) is 5.92 Å². The summed E-state index contributed by atoms with van der Waals surface area (Å²) in [6.45, 7) is 1.21. The Morgan fingerprint density at radius 2 is 1.62 bits per heavy atom. The minimum Gasteiger partial charge on any atom is -0.390 e. The van der Waals surface area contributed by atoms with Crippen LogP contribution >= 0.6 is 0 Å². The highest BCUT2D eigenvalue weighted by Crippen LogP contribution is 2.25. The minimum absolute atomic E-state index is 0.144. The van der Waals surface area contributed by atoms with Gasteiger partial charge in [-0.3, -0.25) is 4.79 Å². The molecule has 138 valence electrons. The van der Waals surface area contributed by atoms with Gasteiger partial charge in [0.15, 0.2) is 6.29 Å². The van der Waals surface area contributed by atoms with Crippen LogP contribution in [0.15, 0.2) is 60.7 Å². The lowest BCUT2D eigenvalue weighted by Crippen LogP contribution is -2.40. The molecule has 2 aromatic rings. The molecule has 26 heavy (non-hydrogen) atoms. The van der Waals surface area contributed by atoms with Crippen molar-refractivity contribution in [2.24, 2.45) is 5.92 Å². The number of aliphatic hydroxyl groups is 2. The monoisotopic (exact) mass is 356 g/mol. The summed E-state index contributed by atoms with van der Waals surface area (Å²) in [5.41, 5.74) is 1.67. The molecule has 3 rings (SSSR count). The Labute approximate surface area is 152 Å². The molecule has 4 N–H and O–H groups in total. The number of hydrogen-bond donors (Lipinski definition) is 4. The molecule has 0 bridgehead atoms. The summed E-state index contributed by atoms with van der Waals surface area (Å²) >= 11 is 0.